The summed E-state index contributed by atoms with van der Waals surface area (Å²) < 4.78 is 20.5. The first kappa shape index (κ1) is 29.7. The van der Waals surface area contributed by atoms with E-state index >= 15 is 0 Å². The van der Waals surface area contributed by atoms with Gasteiger partial charge in [-0.25, -0.2) is 19.0 Å². The van der Waals surface area contributed by atoms with Gasteiger partial charge in [0, 0.05) is 17.1 Å². The molecule has 1 aromatic heterocycles. The van der Waals surface area contributed by atoms with Gasteiger partial charge in [-0.15, -0.1) is 5.10 Å². The van der Waals surface area contributed by atoms with Gasteiger partial charge in [0.15, 0.2) is 6.10 Å². The van der Waals surface area contributed by atoms with Gasteiger partial charge in [-0.1, -0.05) is 67.9 Å². The molecule has 0 saturated heterocycles. The number of amides is 1. The molecule has 0 unspecified atom stereocenters. The van der Waals surface area contributed by atoms with E-state index in [-0.39, 0.29) is 31.4 Å². The van der Waals surface area contributed by atoms with Crippen LogP contribution in [0, 0.1) is 11.7 Å². The minimum absolute atomic E-state index is 0.0438. The second-order valence-corrected chi connectivity index (χ2v) is 10.1. The number of carbonyl (C=O) groups excluding carboxylic acids is 2. The molecule has 0 aliphatic carbocycles. The summed E-state index contributed by atoms with van der Waals surface area (Å²) in [5, 5.41) is 16.3. The molecule has 1 atom stereocenters. The van der Waals surface area contributed by atoms with Crippen molar-refractivity contribution < 1.29 is 23.8 Å². The van der Waals surface area contributed by atoms with Crippen LogP contribution in [0.15, 0.2) is 77.6 Å². The molecular weight excluding hydrogens is 553 g/mol. The Labute approximate surface area is 240 Å². The van der Waals surface area contributed by atoms with Gasteiger partial charge >= 0.3 is 17.6 Å². The third kappa shape index (κ3) is 7.88. The number of benzene rings is 3. The van der Waals surface area contributed by atoms with Crippen LogP contribution in [-0.4, -0.2) is 56.0 Å². The number of nitrogens with zero attached hydrogens (tertiary/aromatic N) is 3. The molecule has 0 saturated carbocycles. The maximum Gasteiger partial charge on any atom is 0.348 e. The fourth-order valence-corrected chi connectivity index (χ4v) is 4.05. The minimum atomic E-state index is -1.57. The Morgan fingerprint density at radius 2 is 1.83 bits per heavy atom. The highest BCUT2D eigenvalue weighted by Crippen LogP contribution is 2.26. The van der Waals surface area contributed by atoms with Gasteiger partial charge in [0.1, 0.15) is 5.82 Å². The van der Waals surface area contributed by atoms with Crippen LogP contribution in [0.5, 0.6) is 0 Å². The summed E-state index contributed by atoms with van der Waals surface area (Å²) in [6, 6.07) is 19.6. The van der Waals surface area contributed by atoms with Crippen LogP contribution in [0.4, 0.5) is 4.39 Å². The molecule has 0 aliphatic heterocycles. The van der Waals surface area contributed by atoms with E-state index in [9.17, 15) is 23.9 Å². The highest BCUT2D eigenvalue weighted by molar-refractivity contribution is 6.30. The quantitative estimate of drug-likeness (QED) is 0.182. The summed E-state index contributed by atoms with van der Waals surface area (Å²) in [7, 11) is 0. The van der Waals surface area contributed by atoms with E-state index in [1.165, 1.54) is 23.2 Å². The number of rotatable bonds is 11. The van der Waals surface area contributed by atoms with E-state index in [0.29, 0.717) is 27.4 Å². The number of ether oxygens (including phenoxy) is 1. The highest BCUT2D eigenvalue weighted by atomic mass is 35.5. The fraction of sp³-hybridized carbons (Fsp3) is 0.241. The summed E-state index contributed by atoms with van der Waals surface area (Å²) in [6.07, 6.45) is -1.57. The monoisotopic (exact) mass is 581 g/mol. The zero-order chi connectivity index (χ0) is 29.5. The average Bonchev–Trinajstić information content (AvgIpc) is 3.35. The van der Waals surface area contributed by atoms with Crippen LogP contribution >= 0.6 is 11.6 Å². The van der Waals surface area contributed by atoms with Gasteiger partial charge in [0.25, 0.3) is 0 Å². The first-order valence-electron chi connectivity index (χ1n) is 12.8. The van der Waals surface area contributed by atoms with E-state index < -0.39 is 29.5 Å². The summed E-state index contributed by atoms with van der Waals surface area (Å²) in [5.74, 6) is -2.24. The van der Waals surface area contributed by atoms with E-state index in [1.807, 2.05) is 13.8 Å². The first-order chi connectivity index (χ1) is 19.6. The normalized spacial score (nSPS) is 12.0. The van der Waals surface area contributed by atoms with E-state index in [0.717, 1.165) is 4.68 Å². The lowest BCUT2D eigenvalue weighted by Gasteiger charge is -2.25. The molecule has 4 rings (SSSR count). The van der Waals surface area contributed by atoms with Crippen molar-refractivity contribution in [3.8, 4) is 16.8 Å². The molecule has 4 aromatic rings. The van der Waals surface area contributed by atoms with E-state index in [4.69, 9.17) is 16.3 Å². The average molecular weight is 582 g/mol. The molecular formula is C29H29ClFN5O5. The summed E-state index contributed by atoms with van der Waals surface area (Å²) in [4.78, 5) is 40.2. The Morgan fingerprint density at radius 3 is 2.51 bits per heavy atom. The predicted octanol–water partition coefficient (Wildman–Crippen LogP) is 3.73. The van der Waals surface area contributed by atoms with Crippen molar-refractivity contribution in [1.29, 1.82) is 0 Å². The van der Waals surface area contributed by atoms with Crippen LogP contribution in [0.3, 0.4) is 0 Å². The highest BCUT2D eigenvalue weighted by Gasteiger charge is 2.24. The lowest BCUT2D eigenvalue weighted by atomic mass is 10.0. The van der Waals surface area contributed by atoms with Gasteiger partial charge in [0.05, 0.1) is 18.8 Å². The number of halogens is 2. The Balaban J connectivity index is 1.53. The predicted molar refractivity (Wildman–Crippen MR) is 151 cm³/mol. The third-order valence-corrected chi connectivity index (χ3v) is 6.12. The summed E-state index contributed by atoms with van der Waals surface area (Å²) >= 11 is 6.02. The van der Waals surface area contributed by atoms with Gasteiger partial charge in [-0.3, -0.25) is 15.2 Å². The number of hydrogen-bond donors (Lipinski definition) is 3. The summed E-state index contributed by atoms with van der Waals surface area (Å²) in [5.41, 5.74) is 4.02. The van der Waals surface area contributed by atoms with Crippen molar-refractivity contribution in [3.05, 3.63) is 106 Å². The van der Waals surface area contributed by atoms with E-state index in [2.05, 4.69) is 15.5 Å². The number of carbonyl (C=O) groups is 2. The number of aliphatic hydroxyl groups excluding tert-OH is 1. The lowest BCUT2D eigenvalue weighted by molar-refractivity contribution is -0.156. The van der Waals surface area contributed by atoms with Crippen molar-refractivity contribution in [2.24, 2.45) is 5.92 Å². The van der Waals surface area contributed by atoms with Crippen LogP contribution in [-0.2, 0) is 16.1 Å². The molecule has 10 nitrogen and oxygen atoms in total. The topological polar surface area (TPSA) is 130 Å². The van der Waals surface area contributed by atoms with Crippen molar-refractivity contribution in [2.45, 2.75) is 26.5 Å². The van der Waals surface area contributed by atoms with Crippen LogP contribution in [0.1, 0.15) is 30.0 Å². The number of nitrogens with one attached hydrogen (secondary N) is 2. The molecule has 0 aliphatic rings. The molecule has 0 spiro atoms. The SMILES string of the molecule is CC(C)COC(=O)[C@H](O)CN(Cc1ccc(-c2cc(Cl)ccc2F)cc1)NC(=O)c1nn(-c2ccccc2)c(=O)[nH]1. The molecule has 3 aromatic carbocycles. The van der Waals surface area contributed by atoms with Crippen molar-refractivity contribution in [2.75, 3.05) is 13.2 Å². The minimum Gasteiger partial charge on any atom is -0.463 e. The van der Waals surface area contributed by atoms with Crippen molar-refractivity contribution >= 4 is 23.5 Å². The van der Waals surface area contributed by atoms with Crippen molar-refractivity contribution in [1.82, 2.24) is 25.2 Å². The molecule has 1 amide bonds. The number of hydrogen-bond acceptors (Lipinski definition) is 7. The van der Waals surface area contributed by atoms with Gasteiger partial charge in [-0.05, 0) is 47.4 Å². The molecule has 0 radical (unpaired) electrons. The lowest BCUT2D eigenvalue weighted by Crippen LogP contribution is -2.48. The second kappa shape index (κ2) is 13.4. The molecule has 12 heteroatoms. The molecule has 3 N–H and O–H groups in total. The fourth-order valence-electron chi connectivity index (χ4n) is 3.87. The zero-order valence-electron chi connectivity index (χ0n) is 22.4. The Bertz CT molecular complexity index is 1560. The number of hydrazine groups is 1. The van der Waals surface area contributed by atoms with Crippen LogP contribution in [0.2, 0.25) is 5.02 Å². The van der Waals surface area contributed by atoms with Crippen LogP contribution < -0.4 is 11.1 Å². The zero-order valence-corrected chi connectivity index (χ0v) is 23.1. The maximum absolute atomic E-state index is 14.3. The van der Waals surface area contributed by atoms with E-state index in [1.54, 1.807) is 54.6 Å². The van der Waals surface area contributed by atoms with Gasteiger partial charge in [0.2, 0.25) is 5.82 Å². The number of aromatic nitrogens is 3. The summed E-state index contributed by atoms with van der Waals surface area (Å²) in [6.45, 7) is 3.57. The molecule has 214 valence electrons. The molecule has 0 fully saturated rings. The number of para-hydroxylation sites is 1. The Kier molecular flexibility index (Phi) is 9.66. The van der Waals surface area contributed by atoms with Crippen LogP contribution in [0.25, 0.3) is 16.8 Å². The van der Waals surface area contributed by atoms with Crippen molar-refractivity contribution in [3.63, 3.8) is 0 Å². The number of esters is 1. The molecule has 1 heterocycles. The molecule has 41 heavy (non-hydrogen) atoms. The number of aliphatic hydroxyl groups is 1. The maximum atomic E-state index is 14.3. The smallest absolute Gasteiger partial charge is 0.348 e. The molecule has 0 bridgehead atoms. The number of H-pyrrole nitrogens is 1. The Morgan fingerprint density at radius 1 is 1.12 bits per heavy atom. The number of aromatic amines is 1. The van der Waals surface area contributed by atoms with Gasteiger partial charge in [-0.2, -0.15) is 4.68 Å². The first-order valence-corrected chi connectivity index (χ1v) is 13.2. The largest absolute Gasteiger partial charge is 0.463 e. The second-order valence-electron chi connectivity index (χ2n) is 9.71. The Hall–Kier alpha value is -4.32. The third-order valence-electron chi connectivity index (χ3n) is 5.88. The standard InChI is InChI=1S/C29H29ClFN5O5/c1-18(2)17-41-28(39)25(37)16-35(15-19-8-10-20(11-9-19)23-14-21(30)12-13-24(23)31)34-27(38)26-32-29(40)36(33-26)22-6-4-3-5-7-22/h3-14,18,25,37H,15-17H2,1-2H3,(H,34,38)(H,32,33,40)/t25-/m1/s1. The van der Waals surface area contributed by atoms with Gasteiger partial charge < -0.3 is 9.84 Å².